The van der Waals surface area contributed by atoms with Crippen LogP contribution in [-0.4, -0.2) is 31.2 Å². The van der Waals surface area contributed by atoms with Gasteiger partial charge in [0.05, 0.1) is 0 Å². The highest BCUT2D eigenvalue weighted by molar-refractivity contribution is 8.13. The van der Waals surface area contributed by atoms with E-state index in [0.29, 0.717) is 11.7 Å². The minimum absolute atomic E-state index is 0.669. The first-order valence-electron chi connectivity index (χ1n) is 4.66. The van der Waals surface area contributed by atoms with Crippen LogP contribution in [0.4, 0.5) is 0 Å². The maximum Gasteiger partial charge on any atom is 0.183 e. The van der Waals surface area contributed by atoms with Crippen molar-refractivity contribution in [1.82, 2.24) is 5.32 Å². The molecule has 0 amide bonds. The van der Waals surface area contributed by atoms with E-state index in [9.17, 15) is 0 Å². The van der Waals surface area contributed by atoms with Gasteiger partial charge in [0.25, 0.3) is 0 Å². The van der Waals surface area contributed by atoms with E-state index in [4.69, 9.17) is 10.00 Å². The lowest BCUT2D eigenvalue weighted by Crippen LogP contribution is -2.13. The molecule has 14 heavy (non-hydrogen) atoms. The van der Waals surface area contributed by atoms with Crippen LogP contribution in [0.25, 0.3) is 0 Å². The summed E-state index contributed by atoms with van der Waals surface area (Å²) in [5.74, 6) is 0. The molecule has 0 unspecified atom stereocenters. The lowest BCUT2D eigenvalue weighted by atomic mass is 10.4. The quantitative estimate of drug-likeness (QED) is 0.240. The van der Waals surface area contributed by atoms with E-state index in [1.54, 1.807) is 0 Å². The predicted octanol–water partition coefficient (Wildman–Crippen LogP) is 1.59. The molecule has 0 bridgehead atoms. The molecule has 0 aromatic rings. The summed E-state index contributed by atoms with van der Waals surface area (Å²) in [5, 5.41) is 11.5. The van der Waals surface area contributed by atoms with Gasteiger partial charge in [-0.1, -0.05) is 18.7 Å². The molecule has 0 atom stereocenters. The van der Waals surface area contributed by atoms with Crippen molar-refractivity contribution >= 4 is 16.9 Å². The number of nitriles is 1. The summed E-state index contributed by atoms with van der Waals surface area (Å²) in [6.45, 7) is 4.34. The van der Waals surface area contributed by atoms with Gasteiger partial charge < -0.3 is 4.74 Å². The molecule has 0 heterocycles. The van der Waals surface area contributed by atoms with Crippen LogP contribution in [0.1, 0.15) is 19.8 Å². The average molecular weight is 215 g/mol. The van der Waals surface area contributed by atoms with Crippen LogP contribution in [-0.2, 0) is 4.74 Å². The van der Waals surface area contributed by atoms with E-state index in [-0.39, 0.29) is 0 Å². The van der Waals surface area contributed by atoms with Gasteiger partial charge in [-0.05, 0) is 19.1 Å². The molecule has 0 fully saturated rings. The second-order valence-electron chi connectivity index (χ2n) is 2.59. The Labute approximate surface area is 89.7 Å². The number of rotatable bonds is 6. The van der Waals surface area contributed by atoms with Crippen LogP contribution in [0.5, 0.6) is 0 Å². The molecular weight excluding hydrogens is 198 g/mol. The van der Waals surface area contributed by atoms with Crippen molar-refractivity contribution in [3.63, 3.8) is 0 Å². The topological polar surface area (TPSA) is 57.4 Å². The van der Waals surface area contributed by atoms with Gasteiger partial charge in [0.1, 0.15) is 0 Å². The maximum absolute atomic E-state index is 8.36. The predicted molar refractivity (Wildman–Crippen MR) is 60.3 cm³/mol. The minimum atomic E-state index is 0.669. The Bertz CT molecular complexity index is 201. The molecule has 5 heteroatoms. The molecule has 0 rings (SSSR count). The number of nitrogens with one attached hydrogen (secondary N) is 1. The number of amidine groups is 1. The molecule has 4 nitrogen and oxygen atoms in total. The number of ether oxygens (including phenoxy) is 1. The first-order chi connectivity index (χ1) is 6.85. The zero-order valence-electron chi connectivity index (χ0n) is 8.75. The van der Waals surface area contributed by atoms with Crippen LogP contribution in [0.15, 0.2) is 4.99 Å². The third-order valence-corrected chi connectivity index (χ3v) is 2.02. The summed E-state index contributed by atoms with van der Waals surface area (Å²) in [6, 6.07) is 0. The van der Waals surface area contributed by atoms with Crippen molar-refractivity contribution in [2.45, 2.75) is 19.8 Å². The lowest BCUT2D eigenvalue weighted by molar-refractivity contribution is 0.134. The van der Waals surface area contributed by atoms with Gasteiger partial charge in [-0.2, -0.15) is 5.26 Å². The molecular formula is C9H17N3OS. The number of hydrogen-bond acceptors (Lipinski definition) is 4. The fraction of sp³-hybridized carbons (Fsp3) is 0.778. The Balaban J connectivity index is 3.44. The molecule has 0 aliphatic rings. The Morgan fingerprint density at radius 3 is 2.93 bits per heavy atom. The second-order valence-corrected chi connectivity index (χ2v) is 3.39. The highest BCUT2D eigenvalue weighted by Crippen LogP contribution is 1.95. The van der Waals surface area contributed by atoms with Crippen LogP contribution in [0.2, 0.25) is 0 Å². The lowest BCUT2D eigenvalue weighted by Gasteiger charge is -2.01. The van der Waals surface area contributed by atoms with Crippen LogP contribution < -0.4 is 5.32 Å². The third-order valence-electron chi connectivity index (χ3n) is 1.41. The SMILES string of the molecule is CCCOCCCN=C(NC#N)SC. The molecule has 0 spiro atoms. The average Bonchev–Trinajstić information content (AvgIpc) is 2.21. The van der Waals surface area contributed by atoms with Gasteiger partial charge in [-0.3, -0.25) is 10.3 Å². The monoisotopic (exact) mass is 215 g/mol. The maximum atomic E-state index is 8.36. The fourth-order valence-corrected chi connectivity index (χ4v) is 1.16. The van der Waals surface area contributed by atoms with Gasteiger partial charge in [0.15, 0.2) is 11.4 Å². The van der Waals surface area contributed by atoms with Gasteiger partial charge in [0, 0.05) is 19.8 Å². The van der Waals surface area contributed by atoms with Crippen molar-refractivity contribution in [3.8, 4) is 6.19 Å². The van der Waals surface area contributed by atoms with Crippen molar-refractivity contribution in [2.24, 2.45) is 4.99 Å². The van der Waals surface area contributed by atoms with Crippen LogP contribution >= 0.6 is 11.8 Å². The Morgan fingerprint density at radius 1 is 1.57 bits per heavy atom. The Hall–Kier alpha value is -0.730. The fourth-order valence-electron chi connectivity index (χ4n) is 0.797. The van der Waals surface area contributed by atoms with E-state index in [1.807, 2.05) is 12.4 Å². The van der Waals surface area contributed by atoms with Gasteiger partial charge in [-0.15, -0.1) is 0 Å². The van der Waals surface area contributed by atoms with Crippen molar-refractivity contribution < 1.29 is 4.74 Å². The second kappa shape index (κ2) is 10.4. The summed E-state index contributed by atoms with van der Waals surface area (Å²) in [7, 11) is 0. The van der Waals surface area contributed by atoms with E-state index < -0.39 is 0 Å². The number of hydrogen-bond donors (Lipinski definition) is 1. The third kappa shape index (κ3) is 7.90. The molecule has 80 valence electrons. The van der Waals surface area contributed by atoms with Crippen LogP contribution in [0.3, 0.4) is 0 Å². The standard InChI is InChI=1S/C9H17N3OS/c1-3-6-13-7-4-5-11-9(14-2)12-8-10/h3-7H2,1-2H3,(H,11,12). The Kier molecular flexibility index (Phi) is 9.81. The van der Waals surface area contributed by atoms with Crippen molar-refractivity contribution in [1.29, 1.82) is 5.26 Å². The normalized spacial score (nSPS) is 11.1. The molecule has 0 aromatic heterocycles. The number of nitrogens with zero attached hydrogens (tertiary/aromatic N) is 2. The molecule has 0 aliphatic carbocycles. The summed E-state index contributed by atoms with van der Waals surface area (Å²) >= 11 is 1.44. The summed E-state index contributed by atoms with van der Waals surface area (Å²) in [6.07, 6.45) is 5.68. The molecule has 1 N–H and O–H groups in total. The van der Waals surface area contributed by atoms with Crippen molar-refractivity contribution in [2.75, 3.05) is 26.0 Å². The summed E-state index contributed by atoms with van der Waals surface area (Å²) in [4.78, 5) is 4.20. The summed E-state index contributed by atoms with van der Waals surface area (Å²) < 4.78 is 5.30. The molecule has 0 radical (unpaired) electrons. The molecule has 0 aromatic carbocycles. The van der Waals surface area contributed by atoms with E-state index in [0.717, 1.165) is 26.1 Å². The number of thioether (sulfide) groups is 1. The largest absolute Gasteiger partial charge is 0.381 e. The van der Waals surface area contributed by atoms with Crippen LogP contribution in [0, 0.1) is 11.5 Å². The smallest absolute Gasteiger partial charge is 0.183 e. The highest BCUT2D eigenvalue weighted by Gasteiger charge is 1.93. The van der Waals surface area contributed by atoms with Crippen molar-refractivity contribution in [3.05, 3.63) is 0 Å². The zero-order valence-corrected chi connectivity index (χ0v) is 9.56. The van der Waals surface area contributed by atoms with Gasteiger partial charge in [-0.25, -0.2) is 0 Å². The minimum Gasteiger partial charge on any atom is -0.381 e. The van der Waals surface area contributed by atoms with E-state index in [2.05, 4.69) is 17.2 Å². The van der Waals surface area contributed by atoms with E-state index >= 15 is 0 Å². The highest BCUT2D eigenvalue weighted by atomic mass is 32.2. The van der Waals surface area contributed by atoms with E-state index in [1.165, 1.54) is 11.8 Å². The first kappa shape index (κ1) is 13.3. The van der Waals surface area contributed by atoms with Gasteiger partial charge in [0.2, 0.25) is 0 Å². The summed E-state index contributed by atoms with van der Waals surface area (Å²) in [5.41, 5.74) is 0. The molecule has 0 saturated carbocycles. The Morgan fingerprint density at radius 2 is 2.36 bits per heavy atom. The van der Waals surface area contributed by atoms with Gasteiger partial charge >= 0.3 is 0 Å². The first-order valence-corrected chi connectivity index (χ1v) is 5.89. The number of aliphatic imine (C=N–C) groups is 1. The zero-order chi connectivity index (χ0) is 10.6. The molecule has 0 saturated heterocycles. The molecule has 0 aliphatic heterocycles.